The van der Waals surface area contributed by atoms with Crippen molar-refractivity contribution in [1.29, 1.82) is 0 Å². The molecule has 6 nitrogen and oxygen atoms in total. The summed E-state index contributed by atoms with van der Waals surface area (Å²) in [6.45, 7) is 3.41. The molecule has 2 amide bonds. The molecule has 2 atom stereocenters. The molecule has 0 spiro atoms. The van der Waals surface area contributed by atoms with Gasteiger partial charge in [-0.05, 0) is 43.2 Å². The summed E-state index contributed by atoms with van der Waals surface area (Å²) in [5, 5.41) is 2.64. The second-order valence-corrected chi connectivity index (χ2v) is 5.88. The number of hydrogen-bond donors (Lipinski definition) is 2. The van der Waals surface area contributed by atoms with Crippen molar-refractivity contribution in [2.45, 2.75) is 32.3 Å². The molecule has 3 N–H and O–H groups in total. The minimum atomic E-state index is -0.948. The largest absolute Gasteiger partial charge is 0.452 e. The summed E-state index contributed by atoms with van der Waals surface area (Å²) >= 11 is 0. The Hall–Kier alpha value is -3.15. The highest BCUT2D eigenvalue weighted by Gasteiger charge is 2.25. The Kier molecular flexibility index (Phi) is 6.49. The predicted molar refractivity (Wildman–Crippen MR) is 98.6 cm³/mol. The number of nitrogens with two attached hydrogens (primary N) is 1. The van der Waals surface area contributed by atoms with E-state index in [0.29, 0.717) is 17.7 Å². The Balaban J connectivity index is 1.97. The van der Waals surface area contributed by atoms with E-state index in [9.17, 15) is 14.4 Å². The molecule has 0 radical (unpaired) electrons. The zero-order chi connectivity index (χ0) is 19.1. The van der Waals surface area contributed by atoms with Gasteiger partial charge in [-0.3, -0.25) is 14.4 Å². The molecular formula is C20H22N2O4. The number of primary amides is 1. The molecule has 0 aromatic heterocycles. The minimum Gasteiger partial charge on any atom is -0.452 e. The maximum Gasteiger partial charge on any atom is 0.314 e. The molecule has 0 heterocycles. The van der Waals surface area contributed by atoms with E-state index in [1.165, 1.54) is 19.1 Å². The number of anilines is 1. The molecule has 2 aromatic rings. The van der Waals surface area contributed by atoms with Crippen LogP contribution >= 0.6 is 0 Å². The van der Waals surface area contributed by atoms with Gasteiger partial charge in [-0.1, -0.05) is 37.3 Å². The summed E-state index contributed by atoms with van der Waals surface area (Å²) in [5.41, 5.74) is 6.86. The Morgan fingerprint density at radius 1 is 1.04 bits per heavy atom. The molecule has 136 valence electrons. The van der Waals surface area contributed by atoms with Crippen LogP contribution in [0.25, 0.3) is 0 Å². The Bertz CT molecular complexity index is 772. The molecule has 2 aromatic carbocycles. The first-order valence-corrected chi connectivity index (χ1v) is 8.38. The maximum absolute atomic E-state index is 12.4. The second-order valence-electron chi connectivity index (χ2n) is 5.88. The van der Waals surface area contributed by atoms with E-state index in [2.05, 4.69) is 5.32 Å². The van der Waals surface area contributed by atoms with Gasteiger partial charge in [0.05, 0.1) is 5.92 Å². The van der Waals surface area contributed by atoms with Crippen LogP contribution in [0.3, 0.4) is 0 Å². The third kappa shape index (κ3) is 4.92. The normalized spacial score (nSPS) is 12.7. The van der Waals surface area contributed by atoms with Crippen molar-refractivity contribution in [3.05, 3.63) is 65.7 Å². The first-order chi connectivity index (χ1) is 12.4. The van der Waals surface area contributed by atoms with Crippen molar-refractivity contribution < 1.29 is 19.1 Å². The van der Waals surface area contributed by atoms with Crippen LogP contribution in [0.2, 0.25) is 0 Å². The molecule has 0 bridgehead atoms. The Labute approximate surface area is 152 Å². The topological polar surface area (TPSA) is 98.5 Å². The van der Waals surface area contributed by atoms with Gasteiger partial charge in [0, 0.05) is 11.3 Å². The second kappa shape index (κ2) is 8.80. The van der Waals surface area contributed by atoms with Gasteiger partial charge in [0.25, 0.3) is 5.91 Å². The van der Waals surface area contributed by atoms with E-state index in [-0.39, 0.29) is 0 Å². The van der Waals surface area contributed by atoms with Gasteiger partial charge in [0.1, 0.15) is 0 Å². The lowest BCUT2D eigenvalue weighted by Gasteiger charge is -2.18. The summed E-state index contributed by atoms with van der Waals surface area (Å²) in [6.07, 6.45) is -0.373. The predicted octanol–water partition coefficient (Wildman–Crippen LogP) is 2.85. The van der Waals surface area contributed by atoms with Gasteiger partial charge in [0.2, 0.25) is 5.91 Å². The van der Waals surface area contributed by atoms with Gasteiger partial charge < -0.3 is 15.8 Å². The number of nitrogens with one attached hydrogen (secondary N) is 1. The Morgan fingerprint density at radius 2 is 1.65 bits per heavy atom. The van der Waals surface area contributed by atoms with E-state index < -0.39 is 29.8 Å². The highest BCUT2D eigenvalue weighted by Crippen LogP contribution is 2.21. The first-order valence-electron chi connectivity index (χ1n) is 8.38. The van der Waals surface area contributed by atoms with Crippen LogP contribution in [0, 0.1) is 0 Å². The van der Waals surface area contributed by atoms with Crippen LogP contribution in [-0.4, -0.2) is 23.9 Å². The molecule has 0 aliphatic heterocycles. The van der Waals surface area contributed by atoms with Crippen LogP contribution in [0.1, 0.15) is 42.1 Å². The van der Waals surface area contributed by atoms with E-state index >= 15 is 0 Å². The Morgan fingerprint density at radius 3 is 2.19 bits per heavy atom. The van der Waals surface area contributed by atoms with Crippen molar-refractivity contribution in [3.8, 4) is 0 Å². The average molecular weight is 354 g/mol. The average Bonchev–Trinajstić information content (AvgIpc) is 2.63. The van der Waals surface area contributed by atoms with Crippen LogP contribution < -0.4 is 11.1 Å². The van der Waals surface area contributed by atoms with Crippen LogP contribution in [-0.2, 0) is 14.3 Å². The van der Waals surface area contributed by atoms with E-state index in [0.717, 1.165) is 5.56 Å². The van der Waals surface area contributed by atoms with Crippen molar-refractivity contribution in [1.82, 2.24) is 0 Å². The summed E-state index contributed by atoms with van der Waals surface area (Å²) in [6, 6.07) is 15.5. The fraction of sp³-hybridized carbons (Fsp3) is 0.250. The molecule has 26 heavy (non-hydrogen) atoms. The third-order valence-electron chi connectivity index (χ3n) is 3.99. The maximum atomic E-state index is 12.4. The fourth-order valence-corrected chi connectivity index (χ4v) is 2.50. The molecule has 0 aliphatic carbocycles. The zero-order valence-electron chi connectivity index (χ0n) is 14.8. The molecule has 0 saturated carbocycles. The summed E-state index contributed by atoms with van der Waals surface area (Å²) in [5.74, 6) is -1.85. The zero-order valence-corrected chi connectivity index (χ0v) is 14.8. The number of benzene rings is 2. The number of rotatable bonds is 7. The molecule has 6 heteroatoms. The summed E-state index contributed by atoms with van der Waals surface area (Å²) < 4.78 is 5.33. The SMILES string of the molecule is CC[C@@H](C(=O)O[C@@H](C)C(=O)Nc1ccc(C(N)=O)cc1)c1ccccc1. The van der Waals surface area contributed by atoms with Crippen molar-refractivity contribution in [3.63, 3.8) is 0 Å². The van der Waals surface area contributed by atoms with Crippen LogP contribution in [0.5, 0.6) is 0 Å². The minimum absolute atomic E-state index is 0.344. The summed E-state index contributed by atoms with van der Waals surface area (Å²) in [7, 11) is 0. The lowest BCUT2D eigenvalue weighted by molar-refractivity contribution is -0.154. The number of ether oxygens (including phenoxy) is 1. The van der Waals surface area contributed by atoms with Gasteiger partial charge >= 0.3 is 5.97 Å². The molecule has 2 rings (SSSR count). The quantitative estimate of drug-likeness (QED) is 0.747. The number of carbonyl (C=O) groups excluding carboxylic acids is 3. The van der Waals surface area contributed by atoms with Crippen LogP contribution in [0.4, 0.5) is 5.69 Å². The van der Waals surface area contributed by atoms with E-state index in [4.69, 9.17) is 10.5 Å². The van der Waals surface area contributed by atoms with Gasteiger partial charge in [-0.2, -0.15) is 0 Å². The lowest BCUT2D eigenvalue weighted by atomic mass is 9.97. The van der Waals surface area contributed by atoms with Crippen molar-refractivity contribution in [2.75, 3.05) is 5.32 Å². The van der Waals surface area contributed by atoms with Crippen LogP contribution in [0.15, 0.2) is 54.6 Å². The van der Waals surface area contributed by atoms with Gasteiger partial charge in [-0.25, -0.2) is 0 Å². The lowest BCUT2D eigenvalue weighted by Crippen LogP contribution is -2.31. The van der Waals surface area contributed by atoms with E-state index in [1.807, 2.05) is 37.3 Å². The van der Waals surface area contributed by atoms with Gasteiger partial charge in [-0.15, -0.1) is 0 Å². The molecule has 0 aliphatic rings. The molecular weight excluding hydrogens is 332 g/mol. The van der Waals surface area contributed by atoms with Crippen molar-refractivity contribution >= 4 is 23.5 Å². The van der Waals surface area contributed by atoms with Gasteiger partial charge in [0.15, 0.2) is 6.10 Å². The van der Waals surface area contributed by atoms with Crippen molar-refractivity contribution in [2.24, 2.45) is 5.73 Å². The standard InChI is InChI=1S/C20H22N2O4/c1-3-17(14-7-5-4-6-8-14)20(25)26-13(2)19(24)22-16-11-9-15(10-12-16)18(21)23/h4-13,17H,3H2,1-2H3,(H2,21,23)(H,22,24)/t13-,17+/m0/s1. The number of esters is 1. The number of amides is 2. The highest BCUT2D eigenvalue weighted by molar-refractivity contribution is 5.97. The monoisotopic (exact) mass is 354 g/mol. The molecule has 0 saturated heterocycles. The van der Waals surface area contributed by atoms with E-state index in [1.54, 1.807) is 12.1 Å². The smallest absolute Gasteiger partial charge is 0.314 e. The summed E-state index contributed by atoms with van der Waals surface area (Å²) in [4.78, 5) is 35.7. The molecule has 0 fully saturated rings. The molecule has 0 unspecified atom stereocenters. The number of carbonyl (C=O) groups is 3. The third-order valence-corrected chi connectivity index (χ3v) is 3.99. The number of hydrogen-bond acceptors (Lipinski definition) is 4. The highest BCUT2D eigenvalue weighted by atomic mass is 16.5. The first kappa shape index (κ1) is 19.2. The fourth-order valence-electron chi connectivity index (χ4n) is 2.50.